The molecule has 0 aliphatic rings. The fraction of sp³-hybridized carbons (Fsp3) is 0.0667. The first-order valence-corrected chi connectivity index (χ1v) is 6.66. The fourth-order valence-corrected chi connectivity index (χ4v) is 2.93. The summed E-state index contributed by atoms with van der Waals surface area (Å²) in [5.74, 6) is -0.358. The van der Waals surface area contributed by atoms with Gasteiger partial charge in [0.05, 0.1) is 15.2 Å². The maximum absolute atomic E-state index is 13.8. The van der Waals surface area contributed by atoms with Crippen molar-refractivity contribution in [3.05, 3.63) is 64.4 Å². The molecule has 4 heteroatoms. The van der Waals surface area contributed by atoms with Crippen LogP contribution in [0, 0.1) is 5.82 Å². The zero-order valence-corrected chi connectivity index (χ0v) is 10.8. The number of thiazole rings is 1. The normalized spacial score (nSPS) is 10.8. The number of fused-ring (bicyclic) bond motifs is 1. The molecule has 0 aliphatic heterocycles. The number of carbonyl (C=O) groups excluding carboxylic acids is 1. The lowest BCUT2D eigenvalue weighted by molar-refractivity contribution is 0.112. The summed E-state index contributed by atoms with van der Waals surface area (Å²) < 4.78 is 14.9. The van der Waals surface area contributed by atoms with Crippen LogP contribution in [0.2, 0.25) is 0 Å². The highest BCUT2D eigenvalue weighted by Gasteiger charge is 2.08. The van der Waals surface area contributed by atoms with Gasteiger partial charge in [-0.05, 0) is 23.8 Å². The zero-order valence-electron chi connectivity index (χ0n) is 9.97. The molecule has 1 aromatic heterocycles. The van der Waals surface area contributed by atoms with Crippen LogP contribution in [-0.4, -0.2) is 11.3 Å². The van der Waals surface area contributed by atoms with Gasteiger partial charge in [0, 0.05) is 12.0 Å². The number of aromatic nitrogens is 1. The molecule has 19 heavy (non-hydrogen) atoms. The van der Waals surface area contributed by atoms with Gasteiger partial charge >= 0.3 is 0 Å². The van der Waals surface area contributed by atoms with Crippen molar-refractivity contribution < 1.29 is 9.18 Å². The minimum absolute atomic E-state index is 0.352. The monoisotopic (exact) mass is 271 g/mol. The third kappa shape index (κ3) is 2.39. The van der Waals surface area contributed by atoms with E-state index in [1.807, 2.05) is 24.3 Å². The van der Waals surface area contributed by atoms with Gasteiger partial charge in [-0.15, -0.1) is 11.3 Å². The van der Waals surface area contributed by atoms with E-state index in [9.17, 15) is 9.18 Å². The number of nitrogens with zero attached hydrogens (tertiary/aromatic N) is 1. The largest absolute Gasteiger partial charge is 0.298 e. The summed E-state index contributed by atoms with van der Waals surface area (Å²) in [7, 11) is 0. The van der Waals surface area contributed by atoms with E-state index >= 15 is 0 Å². The number of halogens is 1. The second kappa shape index (κ2) is 4.90. The lowest BCUT2D eigenvalue weighted by atomic mass is 10.1. The standard InChI is InChI=1S/C15H10FNOS/c16-12-7-10(9-18)5-6-11(12)8-15-17-13-3-1-2-4-14(13)19-15/h1-7,9H,8H2. The molecule has 0 bridgehead atoms. The second-order valence-corrected chi connectivity index (χ2v) is 5.34. The van der Waals surface area contributed by atoms with E-state index in [2.05, 4.69) is 4.98 Å². The topological polar surface area (TPSA) is 30.0 Å². The molecule has 94 valence electrons. The Hall–Kier alpha value is -2.07. The van der Waals surface area contributed by atoms with E-state index in [1.165, 1.54) is 6.07 Å². The van der Waals surface area contributed by atoms with Gasteiger partial charge in [0.1, 0.15) is 12.1 Å². The van der Waals surface area contributed by atoms with Crippen molar-refractivity contribution in [2.24, 2.45) is 0 Å². The number of para-hydroxylation sites is 1. The van der Waals surface area contributed by atoms with Gasteiger partial charge in [-0.3, -0.25) is 4.79 Å². The molecule has 0 fully saturated rings. The highest BCUT2D eigenvalue weighted by atomic mass is 32.1. The summed E-state index contributed by atoms with van der Waals surface area (Å²) in [6.45, 7) is 0. The molecule has 0 unspecified atom stereocenters. The van der Waals surface area contributed by atoms with Crippen LogP contribution in [0.15, 0.2) is 42.5 Å². The van der Waals surface area contributed by atoms with Gasteiger partial charge in [-0.1, -0.05) is 24.3 Å². The number of rotatable bonds is 3. The van der Waals surface area contributed by atoms with Crippen molar-refractivity contribution in [3.8, 4) is 0 Å². The van der Waals surface area contributed by atoms with Crippen LogP contribution in [-0.2, 0) is 6.42 Å². The van der Waals surface area contributed by atoms with Crippen LogP contribution < -0.4 is 0 Å². The molecular formula is C15H10FNOS. The van der Waals surface area contributed by atoms with Crippen LogP contribution in [0.1, 0.15) is 20.9 Å². The quantitative estimate of drug-likeness (QED) is 0.677. The third-order valence-corrected chi connectivity index (χ3v) is 3.93. The van der Waals surface area contributed by atoms with Crippen molar-refractivity contribution in [3.63, 3.8) is 0 Å². The molecular weight excluding hydrogens is 261 g/mol. The molecule has 0 atom stereocenters. The average Bonchev–Trinajstić information content (AvgIpc) is 2.83. The number of hydrogen-bond donors (Lipinski definition) is 0. The summed E-state index contributed by atoms with van der Waals surface area (Å²) in [5.41, 5.74) is 1.85. The highest BCUT2D eigenvalue weighted by Crippen LogP contribution is 2.24. The van der Waals surface area contributed by atoms with Crippen molar-refractivity contribution in [2.75, 3.05) is 0 Å². The summed E-state index contributed by atoms with van der Waals surface area (Å²) in [4.78, 5) is 15.0. The van der Waals surface area contributed by atoms with Gasteiger partial charge < -0.3 is 0 Å². The average molecular weight is 271 g/mol. The lowest BCUT2D eigenvalue weighted by Gasteiger charge is -2.00. The number of hydrogen-bond acceptors (Lipinski definition) is 3. The Labute approximate surface area is 113 Å². The molecule has 3 aromatic rings. The van der Waals surface area contributed by atoms with Crippen LogP contribution >= 0.6 is 11.3 Å². The molecule has 0 saturated heterocycles. The van der Waals surface area contributed by atoms with Crippen LogP contribution in [0.5, 0.6) is 0 Å². The Morgan fingerprint density at radius 1 is 1.21 bits per heavy atom. The first kappa shape index (κ1) is 12.0. The molecule has 1 heterocycles. The number of aldehydes is 1. The maximum Gasteiger partial charge on any atom is 0.150 e. The predicted molar refractivity (Wildman–Crippen MR) is 74.2 cm³/mol. The summed E-state index contributed by atoms with van der Waals surface area (Å²) in [6.07, 6.45) is 1.09. The van der Waals surface area contributed by atoms with Gasteiger partial charge in [-0.25, -0.2) is 9.37 Å². The Morgan fingerprint density at radius 2 is 2.05 bits per heavy atom. The van der Waals surface area contributed by atoms with Gasteiger partial charge in [0.2, 0.25) is 0 Å². The molecule has 0 amide bonds. The van der Waals surface area contributed by atoms with E-state index in [0.717, 1.165) is 15.2 Å². The van der Waals surface area contributed by atoms with Crippen LogP contribution in [0.25, 0.3) is 10.2 Å². The SMILES string of the molecule is O=Cc1ccc(Cc2nc3ccccc3s2)c(F)c1. The Bertz CT molecular complexity index is 718. The second-order valence-electron chi connectivity index (χ2n) is 4.22. The van der Waals surface area contributed by atoms with Crippen molar-refractivity contribution in [1.29, 1.82) is 0 Å². The van der Waals surface area contributed by atoms with E-state index < -0.39 is 0 Å². The first-order valence-electron chi connectivity index (χ1n) is 5.84. The minimum Gasteiger partial charge on any atom is -0.298 e. The zero-order chi connectivity index (χ0) is 13.2. The molecule has 2 aromatic carbocycles. The smallest absolute Gasteiger partial charge is 0.150 e. The molecule has 0 N–H and O–H groups in total. The summed E-state index contributed by atoms with van der Waals surface area (Å²) >= 11 is 1.56. The van der Waals surface area contributed by atoms with Crippen LogP contribution in [0.4, 0.5) is 4.39 Å². The molecule has 2 nitrogen and oxygen atoms in total. The lowest BCUT2D eigenvalue weighted by Crippen LogP contribution is -1.93. The Kier molecular flexibility index (Phi) is 3.09. The molecule has 0 spiro atoms. The summed E-state index contributed by atoms with van der Waals surface area (Å²) in [6, 6.07) is 12.4. The van der Waals surface area contributed by atoms with E-state index in [4.69, 9.17) is 0 Å². The van der Waals surface area contributed by atoms with Gasteiger partial charge in [-0.2, -0.15) is 0 Å². The third-order valence-electron chi connectivity index (χ3n) is 2.89. The van der Waals surface area contributed by atoms with Crippen LogP contribution in [0.3, 0.4) is 0 Å². The molecule has 0 aliphatic carbocycles. The highest BCUT2D eigenvalue weighted by molar-refractivity contribution is 7.18. The van der Waals surface area contributed by atoms with Crippen molar-refractivity contribution >= 4 is 27.8 Å². The van der Waals surface area contributed by atoms with E-state index in [1.54, 1.807) is 23.5 Å². The number of benzene rings is 2. The maximum atomic E-state index is 13.8. The first-order chi connectivity index (χ1) is 9.26. The van der Waals surface area contributed by atoms with E-state index in [-0.39, 0.29) is 5.82 Å². The van der Waals surface area contributed by atoms with Crippen molar-refractivity contribution in [1.82, 2.24) is 4.98 Å². The van der Waals surface area contributed by atoms with Crippen molar-refractivity contribution in [2.45, 2.75) is 6.42 Å². The Balaban J connectivity index is 1.94. The van der Waals surface area contributed by atoms with E-state index in [0.29, 0.717) is 23.8 Å². The van der Waals surface area contributed by atoms with Gasteiger partial charge in [0.25, 0.3) is 0 Å². The molecule has 0 saturated carbocycles. The van der Waals surface area contributed by atoms with Gasteiger partial charge in [0.15, 0.2) is 0 Å². The number of carbonyl (C=O) groups is 1. The minimum atomic E-state index is -0.358. The Morgan fingerprint density at radius 3 is 2.79 bits per heavy atom. The predicted octanol–water partition coefficient (Wildman–Crippen LogP) is 3.84. The molecule has 3 rings (SSSR count). The fourth-order valence-electron chi connectivity index (χ4n) is 1.94. The molecule has 0 radical (unpaired) electrons. The summed E-state index contributed by atoms with van der Waals surface area (Å²) in [5, 5.41) is 0.874.